The zero-order chi connectivity index (χ0) is 23.8. The van der Waals surface area contributed by atoms with Gasteiger partial charge in [-0.1, -0.05) is 57.9 Å². The Balaban J connectivity index is 1.82. The van der Waals surface area contributed by atoms with E-state index in [1.54, 1.807) is 6.07 Å². The summed E-state index contributed by atoms with van der Waals surface area (Å²) in [5.41, 5.74) is 2.65. The molecule has 33 heavy (non-hydrogen) atoms. The SMILES string of the molecule is CCCCCc1ccc(Nc2ncc(C(F)(F)F)c(Nc3cccc(C(C)CC)c3)n2)cc1. The summed E-state index contributed by atoms with van der Waals surface area (Å²) in [4.78, 5) is 8.06. The van der Waals surface area contributed by atoms with Crippen molar-refractivity contribution in [3.8, 4) is 0 Å². The van der Waals surface area contributed by atoms with Crippen LogP contribution in [0.25, 0.3) is 0 Å². The summed E-state index contributed by atoms with van der Waals surface area (Å²) < 4.78 is 40.8. The normalized spacial score (nSPS) is 12.4. The standard InChI is InChI=1S/C26H31F3N4/c1-4-6-7-9-19-12-14-21(15-13-19)32-25-30-17-23(26(27,28)29)24(33-25)31-22-11-8-10-20(16-22)18(3)5-2/h8,10-18H,4-7,9H2,1-3H3,(H2,30,31,32,33). The Morgan fingerprint density at radius 2 is 1.70 bits per heavy atom. The second-order valence-corrected chi connectivity index (χ2v) is 8.29. The molecule has 2 aromatic carbocycles. The van der Waals surface area contributed by atoms with Crippen LogP contribution in [0.5, 0.6) is 0 Å². The lowest BCUT2D eigenvalue weighted by Gasteiger charge is -2.16. The third-order valence-corrected chi connectivity index (χ3v) is 5.70. The number of unbranched alkanes of at least 4 members (excludes halogenated alkanes) is 2. The molecule has 1 heterocycles. The Morgan fingerprint density at radius 1 is 0.939 bits per heavy atom. The van der Waals surface area contributed by atoms with Gasteiger partial charge in [-0.2, -0.15) is 18.2 Å². The first kappa shape index (κ1) is 24.6. The van der Waals surface area contributed by atoms with Gasteiger partial charge in [0.25, 0.3) is 0 Å². The molecule has 0 amide bonds. The van der Waals surface area contributed by atoms with Gasteiger partial charge in [0.05, 0.1) is 0 Å². The van der Waals surface area contributed by atoms with Crippen LogP contribution >= 0.6 is 0 Å². The number of aromatic nitrogens is 2. The third-order valence-electron chi connectivity index (χ3n) is 5.70. The molecule has 4 nitrogen and oxygen atoms in total. The smallest absolute Gasteiger partial charge is 0.340 e. The summed E-state index contributed by atoms with van der Waals surface area (Å²) >= 11 is 0. The number of nitrogens with one attached hydrogen (secondary N) is 2. The first-order valence-corrected chi connectivity index (χ1v) is 11.5. The van der Waals surface area contributed by atoms with Crippen LogP contribution in [0.3, 0.4) is 0 Å². The first-order valence-electron chi connectivity index (χ1n) is 11.5. The highest BCUT2D eigenvalue weighted by molar-refractivity contribution is 5.63. The summed E-state index contributed by atoms with van der Waals surface area (Å²) in [6.45, 7) is 6.33. The molecule has 0 aliphatic heterocycles. The fourth-order valence-corrected chi connectivity index (χ4v) is 3.50. The maximum Gasteiger partial charge on any atom is 0.421 e. The monoisotopic (exact) mass is 456 g/mol. The molecule has 0 saturated heterocycles. The van der Waals surface area contributed by atoms with Crippen LogP contribution in [0.1, 0.15) is 69.1 Å². The van der Waals surface area contributed by atoms with Crippen LogP contribution in [0, 0.1) is 0 Å². The van der Waals surface area contributed by atoms with E-state index in [0.717, 1.165) is 36.7 Å². The van der Waals surface area contributed by atoms with Crippen molar-refractivity contribution in [3.63, 3.8) is 0 Å². The lowest BCUT2D eigenvalue weighted by Crippen LogP contribution is -2.12. The van der Waals surface area contributed by atoms with Gasteiger partial charge in [0.1, 0.15) is 11.4 Å². The van der Waals surface area contributed by atoms with Crippen molar-refractivity contribution in [1.29, 1.82) is 0 Å². The number of hydrogen-bond acceptors (Lipinski definition) is 4. The number of nitrogens with zero attached hydrogens (tertiary/aromatic N) is 2. The third kappa shape index (κ3) is 6.94. The molecule has 176 valence electrons. The van der Waals surface area contributed by atoms with Crippen molar-refractivity contribution in [1.82, 2.24) is 9.97 Å². The van der Waals surface area contributed by atoms with Gasteiger partial charge in [-0.25, -0.2) is 4.98 Å². The van der Waals surface area contributed by atoms with E-state index in [1.165, 1.54) is 18.4 Å². The highest BCUT2D eigenvalue weighted by Gasteiger charge is 2.35. The van der Waals surface area contributed by atoms with Crippen molar-refractivity contribution in [2.75, 3.05) is 10.6 Å². The molecule has 0 aliphatic carbocycles. The zero-order valence-corrected chi connectivity index (χ0v) is 19.3. The van der Waals surface area contributed by atoms with Gasteiger partial charge in [0.2, 0.25) is 5.95 Å². The van der Waals surface area contributed by atoms with E-state index < -0.39 is 11.7 Å². The second kappa shape index (κ2) is 11.2. The van der Waals surface area contributed by atoms with Gasteiger partial charge in [-0.05, 0) is 60.6 Å². The lowest BCUT2D eigenvalue weighted by molar-refractivity contribution is -0.137. The van der Waals surface area contributed by atoms with Crippen molar-refractivity contribution >= 4 is 23.1 Å². The van der Waals surface area contributed by atoms with E-state index in [-0.39, 0.29) is 11.8 Å². The molecular formula is C26H31F3N4. The molecule has 3 aromatic rings. The minimum Gasteiger partial charge on any atom is -0.340 e. The van der Waals surface area contributed by atoms with Crippen LogP contribution in [0.4, 0.5) is 36.3 Å². The average molecular weight is 457 g/mol. The van der Waals surface area contributed by atoms with Gasteiger partial charge in [0, 0.05) is 17.6 Å². The van der Waals surface area contributed by atoms with Crippen LogP contribution in [-0.2, 0) is 12.6 Å². The summed E-state index contributed by atoms with van der Waals surface area (Å²) in [5, 5.41) is 5.86. The van der Waals surface area contributed by atoms with Crippen LogP contribution in [-0.4, -0.2) is 9.97 Å². The predicted octanol–water partition coefficient (Wildman–Crippen LogP) is 8.23. The summed E-state index contributed by atoms with van der Waals surface area (Å²) in [6.07, 6.45) is 1.69. The van der Waals surface area contributed by atoms with Crippen molar-refractivity contribution < 1.29 is 13.2 Å². The average Bonchev–Trinajstić information content (AvgIpc) is 2.79. The number of alkyl halides is 3. The molecule has 0 spiro atoms. The first-order chi connectivity index (χ1) is 15.8. The van der Waals surface area contributed by atoms with E-state index in [2.05, 4.69) is 41.4 Å². The van der Waals surface area contributed by atoms with E-state index in [9.17, 15) is 13.2 Å². The van der Waals surface area contributed by atoms with Gasteiger partial charge < -0.3 is 10.6 Å². The fourth-order valence-electron chi connectivity index (χ4n) is 3.50. The maximum absolute atomic E-state index is 13.6. The highest BCUT2D eigenvalue weighted by Crippen LogP contribution is 2.35. The molecular weight excluding hydrogens is 425 g/mol. The molecule has 2 N–H and O–H groups in total. The number of aryl methyl sites for hydroxylation is 1. The Morgan fingerprint density at radius 3 is 2.36 bits per heavy atom. The molecule has 1 atom stereocenters. The molecule has 0 aliphatic rings. The largest absolute Gasteiger partial charge is 0.421 e. The van der Waals surface area contributed by atoms with E-state index >= 15 is 0 Å². The molecule has 1 aromatic heterocycles. The van der Waals surface area contributed by atoms with E-state index in [1.807, 2.05) is 42.5 Å². The quantitative estimate of drug-likeness (QED) is 0.302. The molecule has 0 fully saturated rings. The van der Waals surface area contributed by atoms with Crippen molar-refractivity contribution in [2.45, 2.75) is 65.0 Å². The van der Waals surface area contributed by atoms with Crippen LogP contribution < -0.4 is 10.6 Å². The molecule has 0 saturated carbocycles. The number of rotatable bonds is 10. The van der Waals surface area contributed by atoms with Crippen molar-refractivity contribution in [3.05, 3.63) is 71.4 Å². The Kier molecular flexibility index (Phi) is 8.31. The summed E-state index contributed by atoms with van der Waals surface area (Å²) in [7, 11) is 0. The molecule has 1 unspecified atom stereocenters. The number of benzene rings is 2. The zero-order valence-electron chi connectivity index (χ0n) is 19.3. The van der Waals surface area contributed by atoms with Crippen LogP contribution in [0.2, 0.25) is 0 Å². The van der Waals surface area contributed by atoms with E-state index in [0.29, 0.717) is 11.6 Å². The van der Waals surface area contributed by atoms with Gasteiger partial charge >= 0.3 is 6.18 Å². The Hall–Kier alpha value is -3.09. The Labute approximate surface area is 193 Å². The second-order valence-electron chi connectivity index (χ2n) is 8.29. The number of halogens is 3. The van der Waals surface area contributed by atoms with Crippen molar-refractivity contribution in [2.24, 2.45) is 0 Å². The van der Waals surface area contributed by atoms with Gasteiger partial charge in [-0.15, -0.1) is 0 Å². The Bertz CT molecular complexity index is 1030. The number of anilines is 4. The highest BCUT2D eigenvalue weighted by atomic mass is 19.4. The van der Waals surface area contributed by atoms with Gasteiger partial charge in [0.15, 0.2) is 0 Å². The number of hydrogen-bond donors (Lipinski definition) is 2. The molecule has 7 heteroatoms. The van der Waals surface area contributed by atoms with E-state index in [4.69, 9.17) is 0 Å². The predicted molar refractivity (Wildman–Crippen MR) is 128 cm³/mol. The topological polar surface area (TPSA) is 49.8 Å². The fraction of sp³-hybridized carbons (Fsp3) is 0.385. The maximum atomic E-state index is 13.6. The molecule has 0 radical (unpaired) electrons. The molecule has 3 rings (SSSR count). The van der Waals surface area contributed by atoms with Gasteiger partial charge in [-0.3, -0.25) is 0 Å². The lowest BCUT2D eigenvalue weighted by atomic mass is 9.98. The summed E-state index contributed by atoms with van der Waals surface area (Å²) in [6, 6.07) is 15.2. The summed E-state index contributed by atoms with van der Waals surface area (Å²) in [5.74, 6) is 0.126. The minimum absolute atomic E-state index is 0.0994. The minimum atomic E-state index is -4.57. The van der Waals surface area contributed by atoms with Crippen LogP contribution in [0.15, 0.2) is 54.7 Å². The molecule has 0 bridgehead atoms.